The van der Waals surface area contributed by atoms with E-state index in [0.717, 1.165) is 0 Å². The molecule has 2 amide bonds. The first-order chi connectivity index (χ1) is 5.93. The summed E-state index contributed by atoms with van der Waals surface area (Å²) in [6.07, 6.45) is -0.683. The zero-order valence-corrected chi connectivity index (χ0v) is 8.20. The Labute approximate surface area is 77.7 Å². The molecular formula is C8H16N2O3. The molecule has 0 fully saturated rings. The van der Waals surface area contributed by atoms with Crippen molar-refractivity contribution < 1.29 is 14.7 Å². The number of carboxylic acid groups (broad SMARTS) is 1. The molecular weight excluding hydrogens is 172 g/mol. The van der Waals surface area contributed by atoms with E-state index in [1.165, 1.54) is 4.90 Å². The predicted octanol–water partition coefficient (Wildman–Crippen LogP) is 0.368. The highest BCUT2D eigenvalue weighted by atomic mass is 16.4. The van der Waals surface area contributed by atoms with Gasteiger partial charge in [-0.2, -0.15) is 0 Å². The number of amides is 2. The van der Waals surface area contributed by atoms with Crippen LogP contribution < -0.4 is 5.32 Å². The fourth-order valence-electron chi connectivity index (χ4n) is 0.814. The Morgan fingerprint density at radius 1 is 1.46 bits per heavy atom. The molecule has 0 radical (unpaired) electrons. The number of carbonyl (C=O) groups is 2. The van der Waals surface area contributed by atoms with Crippen LogP contribution in [0.25, 0.3) is 0 Å². The fraction of sp³-hybridized carbons (Fsp3) is 0.750. The summed E-state index contributed by atoms with van der Waals surface area (Å²) in [5.41, 5.74) is 0. The first kappa shape index (κ1) is 11.7. The Kier molecular flexibility index (Phi) is 4.87. The normalized spacial score (nSPS) is 11.9. The van der Waals surface area contributed by atoms with E-state index >= 15 is 0 Å². The van der Waals surface area contributed by atoms with Gasteiger partial charge in [-0.15, -0.1) is 0 Å². The fourth-order valence-corrected chi connectivity index (χ4v) is 0.814. The topological polar surface area (TPSA) is 69.6 Å². The molecule has 5 nitrogen and oxygen atoms in total. The van der Waals surface area contributed by atoms with Crippen molar-refractivity contribution in [1.82, 2.24) is 10.2 Å². The summed E-state index contributed by atoms with van der Waals surface area (Å²) in [7, 11) is 3.36. The van der Waals surface area contributed by atoms with Gasteiger partial charge in [-0.25, -0.2) is 4.79 Å². The molecule has 0 aliphatic rings. The molecule has 1 unspecified atom stereocenters. The molecule has 0 saturated carbocycles. The maximum Gasteiger partial charge on any atom is 0.404 e. The lowest BCUT2D eigenvalue weighted by Gasteiger charge is -2.14. The van der Waals surface area contributed by atoms with Crippen LogP contribution in [0.2, 0.25) is 0 Å². The second-order valence-corrected chi connectivity index (χ2v) is 3.28. The Balaban J connectivity index is 3.68. The molecule has 0 aromatic rings. The molecule has 5 heteroatoms. The molecule has 2 N–H and O–H groups in total. The van der Waals surface area contributed by atoms with Crippen LogP contribution in [0, 0.1) is 5.92 Å². The first-order valence-corrected chi connectivity index (χ1v) is 4.10. The number of nitrogens with zero attached hydrogens (tertiary/aromatic N) is 1. The maximum atomic E-state index is 11.1. The van der Waals surface area contributed by atoms with Gasteiger partial charge in [-0.05, 0) is 5.92 Å². The maximum absolute atomic E-state index is 11.1. The SMILES string of the molecule is CC(CNC(=O)O)CC(=O)N(C)C. The van der Waals surface area contributed by atoms with E-state index in [4.69, 9.17) is 5.11 Å². The molecule has 0 aliphatic heterocycles. The second-order valence-electron chi connectivity index (χ2n) is 3.28. The van der Waals surface area contributed by atoms with Gasteiger partial charge < -0.3 is 15.3 Å². The highest BCUT2D eigenvalue weighted by Crippen LogP contribution is 2.01. The molecule has 0 spiro atoms. The highest BCUT2D eigenvalue weighted by Gasteiger charge is 2.10. The van der Waals surface area contributed by atoms with Gasteiger partial charge in [0.25, 0.3) is 0 Å². The zero-order chi connectivity index (χ0) is 10.4. The quantitative estimate of drug-likeness (QED) is 0.669. The Bertz CT molecular complexity index is 192. The van der Waals surface area contributed by atoms with Crippen molar-refractivity contribution >= 4 is 12.0 Å². The van der Waals surface area contributed by atoms with Gasteiger partial charge in [0.05, 0.1) is 0 Å². The first-order valence-electron chi connectivity index (χ1n) is 4.10. The molecule has 0 aromatic carbocycles. The van der Waals surface area contributed by atoms with Gasteiger partial charge in [0.1, 0.15) is 0 Å². The molecule has 1 atom stereocenters. The van der Waals surface area contributed by atoms with Crippen LogP contribution >= 0.6 is 0 Å². The van der Waals surface area contributed by atoms with Crippen molar-refractivity contribution in [3.63, 3.8) is 0 Å². The standard InChI is InChI=1S/C8H16N2O3/c1-6(5-9-8(12)13)4-7(11)10(2)3/h6,9H,4-5H2,1-3H3,(H,12,13). The van der Waals surface area contributed by atoms with Gasteiger partial charge in [0.2, 0.25) is 5.91 Å². The van der Waals surface area contributed by atoms with Gasteiger partial charge in [-0.3, -0.25) is 4.79 Å². The molecule has 13 heavy (non-hydrogen) atoms. The third-order valence-electron chi connectivity index (χ3n) is 1.62. The van der Waals surface area contributed by atoms with Crippen molar-refractivity contribution in [2.75, 3.05) is 20.6 Å². The van der Waals surface area contributed by atoms with E-state index in [2.05, 4.69) is 5.32 Å². The van der Waals surface area contributed by atoms with Crippen LogP contribution in [0.15, 0.2) is 0 Å². The summed E-state index contributed by atoms with van der Waals surface area (Å²) in [4.78, 5) is 22.8. The lowest BCUT2D eigenvalue weighted by Crippen LogP contribution is -2.30. The highest BCUT2D eigenvalue weighted by molar-refractivity contribution is 5.75. The minimum atomic E-state index is -1.05. The minimum Gasteiger partial charge on any atom is -0.465 e. The lowest BCUT2D eigenvalue weighted by molar-refractivity contribution is -0.129. The third-order valence-corrected chi connectivity index (χ3v) is 1.62. The molecule has 0 aliphatic carbocycles. The largest absolute Gasteiger partial charge is 0.465 e. The number of nitrogens with one attached hydrogen (secondary N) is 1. The van der Waals surface area contributed by atoms with Crippen molar-refractivity contribution in [1.29, 1.82) is 0 Å². The van der Waals surface area contributed by atoms with E-state index in [0.29, 0.717) is 13.0 Å². The molecule has 0 heterocycles. The number of hydrogen-bond donors (Lipinski definition) is 2. The van der Waals surface area contributed by atoms with E-state index in [9.17, 15) is 9.59 Å². The minimum absolute atomic E-state index is 0.0136. The summed E-state index contributed by atoms with van der Waals surface area (Å²) < 4.78 is 0. The number of hydrogen-bond acceptors (Lipinski definition) is 2. The van der Waals surface area contributed by atoms with Crippen LogP contribution in [0.3, 0.4) is 0 Å². The summed E-state index contributed by atoms with van der Waals surface area (Å²) in [5.74, 6) is 0.0469. The Hall–Kier alpha value is -1.26. The van der Waals surface area contributed by atoms with E-state index in [-0.39, 0.29) is 11.8 Å². The van der Waals surface area contributed by atoms with Crippen molar-refractivity contribution in [3.8, 4) is 0 Å². The Morgan fingerprint density at radius 2 is 2.00 bits per heavy atom. The Morgan fingerprint density at radius 3 is 2.38 bits per heavy atom. The lowest BCUT2D eigenvalue weighted by atomic mass is 10.1. The van der Waals surface area contributed by atoms with Crippen LogP contribution in [0.5, 0.6) is 0 Å². The summed E-state index contributed by atoms with van der Waals surface area (Å²) >= 11 is 0. The summed E-state index contributed by atoms with van der Waals surface area (Å²) in [6, 6.07) is 0. The molecule has 0 aromatic heterocycles. The van der Waals surface area contributed by atoms with E-state index in [1.54, 1.807) is 14.1 Å². The average Bonchev–Trinajstić information content (AvgIpc) is 2.00. The van der Waals surface area contributed by atoms with Gasteiger partial charge in [0, 0.05) is 27.1 Å². The van der Waals surface area contributed by atoms with Crippen LogP contribution in [-0.4, -0.2) is 42.6 Å². The monoisotopic (exact) mass is 188 g/mol. The summed E-state index contributed by atoms with van der Waals surface area (Å²) in [5, 5.41) is 10.5. The van der Waals surface area contributed by atoms with Crippen molar-refractivity contribution in [2.45, 2.75) is 13.3 Å². The van der Waals surface area contributed by atoms with Crippen LogP contribution in [0.4, 0.5) is 4.79 Å². The van der Waals surface area contributed by atoms with E-state index in [1.807, 2.05) is 6.92 Å². The molecule has 76 valence electrons. The van der Waals surface area contributed by atoms with Gasteiger partial charge in [-0.1, -0.05) is 6.92 Å². The molecule has 0 rings (SSSR count). The second kappa shape index (κ2) is 5.40. The van der Waals surface area contributed by atoms with E-state index < -0.39 is 6.09 Å². The van der Waals surface area contributed by atoms with Gasteiger partial charge in [0.15, 0.2) is 0 Å². The molecule has 0 saturated heterocycles. The predicted molar refractivity (Wildman–Crippen MR) is 48.5 cm³/mol. The zero-order valence-electron chi connectivity index (χ0n) is 8.20. The number of carbonyl (C=O) groups excluding carboxylic acids is 1. The smallest absolute Gasteiger partial charge is 0.404 e. The number of rotatable bonds is 4. The average molecular weight is 188 g/mol. The third kappa shape index (κ3) is 5.95. The van der Waals surface area contributed by atoms with Crippen molar-refractivity contribution in [3.05, 3.63) is 0 Å². The summed E-state index contributed by atoms with van der Waals surface area (Å²) in [6.45, 7) is 2.15. The van der Waals surface area contributed by atoms with Crippen LogP contribution in [0.1, 0.15) is 13.3 Å². The molecule has 0 bridgehead atoms. The van der Waals surface area contributed by atoms with Crippen LogP contribution in [-0.2, 0) is 4.79 Å². The van der Waals surface area contributed by atoms with Gasteiger partial charge >= 0.3 is 6.09 Å². The van der Waals surface area contributed by atoms with Crippen molar-refractivity contribution in [2.24, 2.45) is 5.92 Å².